The van der Waals surface area contributed by atoms with E-state index >= 15 is 0 Å². The molecule has 100 valence electrons. The summed E-state index contributed by atoms with van der Waals surface area (Å²) >= 11 is 0. The molecule has 1 aliphatic heterocycles. The standard InChI is InChI=1S/C13H26N2O2/c1-5-10-15(11-6-8-14-9-7-11)12(16)13(2,3)17-4/h11,14H,5-10H2,1-4H3. The van der Waals surface area contributed by atoms with E-state index in [1.165, 1.54) is 0 Å². The van der Waals surface area contributed by atoms with Gasteiger partial charge in [0.2, 0.25) is 0 Å². The molecule has 0 aliphatic carbocycles. The molecule has 1 aliphatic rings. The van der Waals surface area contributed by atoms with Crippen molar-refractivity contribution in [2.75, 3.05) is 26.7 Å². The molecule has 1 amide bonds. The smallest absolute Gasteiger partial charge is 0.254 e. The fourth-order valence-electron chi connectivity index (χ4n) is 2.24. The first kappa shape index (κ1) is 14.5. The number of piperidine rings is 1. The maximum Gasteiger partial charge on any atom is 0.254 e. The van der Waals surface area contributed by atoms with Crippen LogP contribution in [-0.4, -0.2) is 49.2 Å². The van der Waals surface area contributed by atoms with Crippen LogP contribution in [0.3, 0.4) is 0 Å². The number of hydrogen-bond donors (Lipinski definition) is 1. The van der Waals surface area contributed by atoms with Gasteiger partial charge in [0.05, 0.1) is 0 Å². The summed E-state index contributed by atoms with van der Waals surface area (Å²) in [5.74, 6) is 0.119. The number of methoxy groups -OCH3 is 1. The Morgan fingerprint density at radius 2 is 2.00 bits per heavy atom. The summed E-state index contributed by atoms with van der Waals surface area (Å²) in [5, 5.41) is 3.33. The van der Waals surface area contributed by atoms with Crippen molar-refractivity contribution < 1.29 is 9.53 Å². The fourth-order valence-corrected chi connectivity index (χ4v) is 2.24. The molecule has 1 fully saturated rings. The SMILES string of the molecule is CCCN(C(=O)C(C)(C)OC)C1CCNCC1. The Morgan fingerprint density at radius 3 is 2.47 bits per heavy atom. The third-order valence-electron chi connectivity index (χ3n) is 3.50. The average Bonchev–Trinajstić information content (AvgIpc) is 2.36. The molecule has 1 N–H and O–H groups in total. The Labute approximate surface area is 105 Å². The fraction of sp³-hybridized carbons (Fsp3) is 0.923. The maximum atomic E-state index is 12.5. The van der Waals surface area contributed by atoms with Crippen LogP contribution in [0.4, 0.5) is 0 Å². The Balaban J connectivity index is 2.73. The second-order valence-corrected chi connectivity index (χ2v) is 5.19. The van der Waals surface area contributed by atoms with Gasteiger partial charge in [-0.25, -0.2) is 0 Å². The molecular weight excluding hydrogens is 216 g/mol. The van der Waals surface area contributed by atoms with Gasteiger partial charge in [0, 0.05) is 19.7 Å². The lowest BCUT2D eigenvalue weighted by Crippen LogP contribution is -2.53. The third kappa shape index (κ3) is 3.68. The van der Waals surface area contributed by atoms with Crippen LogP contribution in [0.15, 0.2) is 0 Å². The molecule has 0 unspecified atom stereocenters. The van der Waals surface area contributed by atoms with E-state index in [1.54, 1.807) is 7.11 Å². The highest BCUT2D eigenvalue weighted by molar-refractivity contribution is 5.84. The summed E-state index contributed by atoms with van der Waals surface area (Å²) in [7, 11) is 1.60. The van der Waals surface area contributed by atoms with Crippen molar-refractivity contribution in [2.24, 2.45) is 0 Å². The van der Waals surface area contributed by atoms with Gasteiger partial charge in [0.15, 0.2) is 0 Å². The number of ether oxygens (including phenoxy) is 1. The Bertz CT molecular complexity index is 248. The van der Waals surface area contributed by atoms with Crippen LogP contribution in [0.2, 0.25) is 0 Å². The van der Waals surface area contributed by atoms with Crippen LogP contribution >= 0.6 is 0 Å². The van der Waals surface area contributed by atoms with Crippen LogP contribution in [0.25, 0.3) is 0 Å². The molecule has 0 radical (unpaired) electrons. The summed E-state index contributed by atoms with van der Waals surface area (Å²) < 4.78 is 5.31. The highest BCUT2D eigenvalue weighted by Gasteiger charge is 2.35. The summed E-state index contributed by atoms with van der Waals surface area (Å²) in [5.41, 5.74) is -0.708. The van der Waals surface area contributed by atoms with E-state index in [0.29, 0.717) is 6.04 Å². The lowest BCUT2D eigenvalue weighted by molar-refractivity contribution is -0.154. The minimum absolute atomic E-state index is 0.119. The molecule has 1 heterocycles. The predicted octanol–water partition coefficient (Wildman–Crippen LogP) is 1.40. The molecule has 4 heteroatoms. The van der Waals surface area contributed by atoms with Crippen LogP contribution in [0.1, 0.15) is 40.0 Å². The van der Waals surface area contributed by atoms with E-state index in [2.05, 4.69) is 12.2 Å². The van der Waals surface area contributed by atoms with Gasteiger partial charge in [-0.1, -0.05) is 6.92 Å². The molecular formula is C13H26N2O2. The lowest BCUT2D eigenvalue weighted by Gasteiger charge is -2.38. The second-order valence-electron chi connectivity index (χ2n) is 5.19. The van der Waals surface area contributed by atoms with Crippen molar-refractivity contribution in [3.8, 4) is 0 Å². The van der Waals surface area contributed by atoms with Gasteiger partial charge in [-0.05, 0) is 46.2 Å². The molecule has 1 saturated heterocycles. The summed E-state index contributed by atoms with van der Waals surface area (Å²) in [6.45, 7) is 8.65. The van der Waals surface area contributed by atoms with Gasteiger partial charge < -0.3 is 15.0 Å². The molecule has 17 heavy (non-hydrogen) atoms. The zero-order valence-corrected chi connectivity index (χ0v) is 11.6. The normalized spacial score (nSPS) is 18.1. The van der Waals surface area contributed by atoms with E-state index in [4.69, 9.17) is 4.74 Å². The Hall–Kier alpha value is -0.610. The van der Waals surface area contributed by atoms with Crippen molar-refractivity contribution in [3.05, 3.63) is 0 Å². The number of nitrogens with zero attached hydrogens (tertiary/aromatic N) is 1. The number of hydrogen-bond acceptors (Lipinski definition) is 3. The molecule has 0 atom stereocenters. The molecule has 0 aromatic heterocycles. The van der Waals surface area contributed by atoms with Crippen molar-refractivity contribution in [1.29, 1.82) is 0 Å². The van der Waals surface area contributed by atoms with Gasteiger partial charge in [-0.15, -0.1) is 0 Å². The van der Waals surface area contributed by atoms with E-state index in [1.807, 2.05) is 18.7 Å². The number of rotatable bonds is 5. The Kier molecular flexibility index (Phi) is 5.40. The monoisotopic (exact) mass is 242 g/mol. The number of carbonyl (C=O) groups is 1. The van der Waals surface area contributed by atoms with Crippen LogP contribution in [0, 0.1) is 0 Å². The van der Waals surface area contributed by atoms with E-state index in [0.717, 1.165) is 38.9 Å². The molecule has 0 aromatic carbocycles. The van der Waals surface area contributed by atoms with Crippen LogP contribution in [0.5, 0.6) is 0 Å². The highest BCUT2D eigenvalue weighted by atomic mass is 16.5. The van der Waals surface area contributed by atoms with E-state index in [9.17, 15) is 4.79 Å². The van der Waals surface area contributed by atoms with Crippen molar-refractivity contribution in [2.45, 2.75) is 51.7 Å². The zero-order chi connectivity index (χ0) is 12.9. The van der Waals surface area contributed by atoms with Crippen LogP contribution < -0.4 is 5.32 Å². The largest absolute Gasteiger partial charge is 0.369 e. The zero-order valence-electron chi connectivity index (χ0n) is 11.6. The molecule has 0 aromatic rings. The molecule has 0 bridgehead atoms. The molecule has 4 nitrogen and oxygen atoms in total. The first-order chi connectivity index (χ1) is 8.03. The van der Waals surface area contributed by atoms with Crippen molar-refractivity contribution in [1.82, 2.24) is 10.2 Å². The minimum Gasteiger partial charge on any atom is -0.369 e. The number of amides is 1. The second kappa shape index (κ2) is 6.36. The average molecular weight is 242 g/mol. The Morgan fingerprint density at radius 1 is 1.41 bits per heavy atom. The maximum absolute atomic E-state index is 12.5. The van der Waals surface area contributed by atoms with E-state index in [-0.39, 0.29) is 5.91 Å². The number of carbonyl (C=O) groups excluding carboxylic acids is 1. The molecule has 0 saturated carbocycles. The predicted molar refractivity (Wildman–Crippen MR) is 69.0 cm³/mol. The van der Waals surface area contributed by atoms with Gasteiger partial charge in [0.25, 0.3) is 5.91 Å². The van der Waals surface area contributed by atoms with Crippen molar-refractivity contribution in [3.63, 3.8) is 0 Å². The van der Waals surface area contributed by atoms with Gasteiger partial charge in [-0.3, -0.25) is 4.79 Å². The van der Waals surface area contributed by atoms with Gasteiger partial charge in [-0.2, -0.15) is 0 Å². The summed E-state index contributed by atoms with van der Waals surface area (Å²) in [6.07, 6.45) is 3.09. The molecule has 0 spiro atoms. The van der Waals surface area contributed by atoms with Crippen LogP contribution in [-0.2, 0) is 9.53 Å². The first-order valence-electron chi connectivity index (χ1n) is 6.60. The van der Waals surface area contributed by atoms with Gasteiger partial charge >= 0.3 is 0 Å². The first-order valence-corrected chi connectivity index (χ1v) is 6.60. The molecule has 1 rings (SSSR count). The summed E-state index contributed by atoms with van der Waals surface area (Å²) in [4.78, 5) is 14.5. The topological polar surface area (TPSA) is 41.6 Å². The van der Waals surface area contributed by atoms with Crippen molar-refractivity contribution >= 4 is 5.91 Å². The quantitative estimate of drug-likeness (QED) is 0.792. The lowest BCUT2D eigenvalue weighted by atomic mass is 10.0. The van der Waals surface area contributed by atoms with Gasteiger partial charge in [0.1, 0.15) is 5.60 Å². The minimum atomic E-state index is -0.708. The highest BCUT2D eigenvalue weighted by Crippen LogP contribution is 2.19. The summed E-state index contributed by atoms with van der Waals surface area (Å²) in [6, 6.07) is 0.373. The third-order valence-corrected chi connectivity index (χ3v) is 3.50. The number of nitrogens with one attached hydrogen (secondary N) is 1. The van der Waals surface area contributed by atoms with E-state index < -0.39 is 5.60 Å².